The van der Waals surface area contributed by atoms with Crippen LogP contribution in [0, 0.1) is 30.8 Å². The molecule has 0 spiro atoms. The van der Waals surface area contributed by atoms with Gasteiger partial charge >= 0.3 is 0 Å². The Balaban J connectivity index is 0.00000593. The summed E-state index contributed by atoms with van der Waals surface area (Å²) in [5, 5.41) is 2.23. The second-order valence-corrected chi connectivity index (χ2v) is 21.6. The Hall–Kier alpha value is -6.55. The van der Waals surface area contributed by atoms with Gasteiger partial charge in [-0.25, -0.2) is 4.98 Å². The Morgan fingerprint density at radius 3 is 1.94 bits per heavy atom. The van der Waals surface area contributed by atoms with Gasteiger partial charge in [-0.2, -0.15) is 18.2 Å². The van der Waals surface area contributed by atoms with Crippen molar-refractivity contribution in [1.29, 1.82) is 0 Å². The molecule has 6 heteroatoms. The van der Waals surface area contributed by atoms with Crippen molar-refractivity contribution in [3.05, 3.63) is 199 Å². The molecule has 7 aromatic carbocycles. The van der Waals surface area contributed by atoms with Gasteiger partial charge in [0.05, 0.1) is 16.7 Å². The molecule has 0 radical (unpaired) electrons. The van der Waals surface area contributed by atoms with Crippen LogP contribution >= 0.6 is 0 Å². The standard InChI is InChI=1S/C63H60N4O.Pt/c1-41-20-17-29-56-59(41)66(60-51(43-21-13-12-14-22-43)26-19-27-52(60)45-34-46(62(6,7)8)37-47(35-45)63(9,10)11)40-65(56)48-23-18-24-49(38-48)68-50-30-31-54-53-25-15-16-28-55(53)67(57(54)39-50)58-36-44(32-33-64-58)42(2)61(3,4)5;/h12-37,42H,1-11H3;/q-2;. The monoisotopic (exact) mass is 1080 g/mol. The van der Waals surface area contributed by atoms with Crippen LogP contribution in [0.5, 0.6) is 11.5 Å². The van der Waals surface area contributed by atoms with Crippen LogP contribution in [0.3, 0.4) is 0 Å². The van der Waals surface area contributed by atoms with Crippen LogP contribution in [0.2, 0.25) is 0 Å². The van der Waals surface area contributed by atoms with Crippen LogP contribution in [0.1, 0.15) is 97.4 Å². The molecule has 0 amide bonds. The Morgan fingerprint density at radius 2 is 1.23 bits per heavy atom. The molecule has 1 unspecified atom stereocenters. The molecule has 0 aliphatic carbocycles. The van der Waals surface area contributed by atoms with Crippen molar-refractivity contribution in [2.45, 2.75) is 92.9 Å². The van der Waals surface area contributed by atoms with Crippen molar-refractivity contribution < 1.29 is 30.4 Å². The largest absolute Gasteiger partial charge is 0.510 e. The maximum absolute atomic E-state index is 6.72. The van der Waals surface area contributed by atoms with E-state index >= 15 is 0 Å². The molecule has 0 aliphatic rings. The molecule has 10 aromatic rings. The number of ether oxygens (including phenoxy) is 1. The van der Waals surface area contributed by atoms with Crippen LogP contribution in [0.25, 0.3) is 72.3 Å². The van der Waals surface area contributed by atoms with Gasteiger partial charge in [0.15, 0.2) is 0 Å². The molecule has 350 valence electrons. The fraction of sp³-hybridized carbons (Fsp3) is 0.238. The number of para-hydroxylation sites is 3. The van der Waals surface area contributed by atoms with Crippen molar-refractivity contribution in [3.63, 3.8) is 0 Å². The topological polar surface area (TPSA) is 35.9 Å². The Morgan fingerprint density at radius 1 is 0.594 bits per heavy atom. The molecule has 10 rings (SSSR count). The fourth-order valence-electron chi connectivity index (χ4n) is 9.42. The average Bonchev–Trinajstić information content (AvgIpc) is 3.87. The van der Waals surface area contributed by atoms with E-state index in [1.807, 2.05) is 24.4 Å². The molecule has 69 heavy (non-hydrogen) atoms. The van der Waals surface area contributed by atoms with Crippen molar-refractivity contribution >= 4 is 32.8 Å². The van der Waals surface area contributed by atoms with Crippen LogP contribution in [-0.4, -0.2) is 14.1 Å². The predicted octanol–water partition coefficient (Wildman–Crippen LogP) is 16.0. The maximum atomic E-state index is 6.72. The van der Waals surface area contributed by atoms with Crippen molar-refractivity contribution in [1.82, 2.24) is 14.1 Å². The van der Waals surface area contributed by atoms with Gasteiger partial charge in [0.1, 0.15) is 5.82 Å². The third kappa shape index (κ3) is 8.99. The summed E-state index contributed by atoms with van der Waals surface area (Å²) in [6, 6.07) is 61.4. The van der Waals surface area contributed by atoms with Gasteiger partial charge in [-0.05, 0) is 103 Å². The Labute approximate surface area is 422 Å². The summed E-state index contributed by atoms with van der Waals surface area (Å²) in [5.74, 6) is 2.37. The summed E-state index contributed by atoms with van der Waals surface area (Å²) in [6.45, 7) is 25.1. The second kappa shape index (κ2) is 18.1. The van der Waals surface area contributed by atoms with Crippen LogP contribution in [0.4, 0.5) is 0 Å². The van der Waals surface area contributed by atoms with Gasteiger partial charge in [0.2, 0.25) is 0 Å². The van der Waals surface area contributed by atoms with Crippen LogP contribution in [0.15, 0.2) is 158 Å². The average molecular weight is 1080 g/mol. The zero-order valence-corrected chi connectivity index (χ0v) is 43.9. The van der Waals surface area contributed by atoms with E-state index in [1.54, 1.807) is 0 Å². The number of aryl methyl sites for hydroxylation is 1. The molecule has 0 saturated heterocycles. The first-order chi connectivity index (χ1) is 32.4. The number of aromatic nitrogens is 4. The van der Waals surface area contributed by atoms with Gasteiger partial charge in [-0.3, -0.25) is 4.57 Å². The molecular formula is C63H60N4OPt-2. The molecule has 1 atom stereocenters. The molecule has 0 aliphatic heterocycles. The van der Waals surface area contributed by atoms with Crippen LogP contribution < -0.4 is 9.30 Å². The molecule has 0 fully saturated rings. The molecule has 0 bridgehead atoms. The zero-order chi connectivity index (χ0) is 47.7. The number of pyridine rings is 1. The molecular weight excluding hydrogens is 1020 g/mol. The number of nitrogens with zero attached hydrogens (tertiary/aromatic N) is 4. The number of fused-ring (bicyclic) bond motifs is 4. The van der Waals surface area contributed by atoms with Gasteiger partial charge in [-0.1, -0.05) is 178 Å². The summed E-state index contributed by atoms with van der Waals surface area (Å²) in [5.41, 5.74) is 15.6. The predicted molar refractivity (Wildman–Crippen MR) is 281 cm³/mol. The number of hydrogen-bond acceptors (Lipinski definition) is 2. The van der Waals surface area contributed by atoms with Gasteiger partial charge in [0.25, 0.3) is 6.33 Å². The molecule has 5 nitrogen and oxygen atoms in total. The van der Waals surface area contributed by atoms with Crippen molar-refractivity contribution in [2.24, 2.45) is 5.41 Å². The minimum atomic E-state index is -0.0438. The van der Waals surface area contributed by atoms with Gasteiger partial charge in [-0.15, -0.1) is 29.7 Å². The fourth-order valence-corrected chi connectivity index (χ4v) is 9.42. The summed E-state index contributed by atoms with van der Waals surface area (Å²) < 4.78 is 13.3. The SMILES string of the molecule is Cc1cccc2c1[n+](-c1c(-c3ccccc3)cccc1-c1cc(C(C)(C)C)cc(C(C)(C)C)c1)[c-]n2-c1[c-]c(Oc2[c-]c3c(cc2)c2ccccc2n3-c2cc(C(C)C(C)(C)C)ccn2)ccc1.[Pt]. The minimum Gasteiger partial charge on any atom is -0.510 e. The van der Waals surface area contributed by atoms with Crippen LogP contribution in [-0.2, 0) is 31.9 Å². The van der Waals surface area contributed by atoms with E-state index < -0.39 is 0 Å². The quantitative estimate of drug-likeness (QED) is 0.112. The third-order valence-electron chi connectivity index (χ3n) is 13.8. The summed E-state index contributed by atoms with van der Waals surface area (Å²) in [6.07, 6.45) is 5.81. The number of rotatable bonds is 8. The molecule has 3 aromatic heterocycles. The first-order valence-corrected chi connectivity index (χ1v) is 23.9. The normalized spacial score (nSPS) is 12.7. The maximum Gasteiger partial charge on any atom is 0.268 e. The molecule has 0 N–H and O–H groups in total. The third-order valence-corrected chi connectivity index (χ3v) is 13.8. The van der Waals surface area contributed by atoms with E-state index in [1.165, 1.54) is 22.3 Å². The number of benzene rings is 7. The van der Waals surface area contributed by atoms with E-state index in [-0.39, 0.29) is 37.3 Å². The Bertz CT molecular complexity index is 3490. The molecule has 0 saturated carbocycles. The number of imidazole rings is 1. The summed E-state index contributed by atoms with van der Waals surface area (Å²) in [4.78, 5) is 4.92. The van der Waals surface area contributed by atoms with Gasteiger partial charge in [0, 0.05) is 44.3 Å². The van der Waals surface area contributed by atoms with E-state index in [2.05, 4.69) is 242 Å². The van der Waals surface area contributed by atoms with E-state index in [9.17, 15) is 0 Å². The van der Waals surface area contributed by atoms with E-state index in [0.717, 1.165) is 72.3 Å². The molecule has 3 heterocycles. The minimum absolute atomic E-state index is 0. The van der Waals surface area contributed by atoms with Gasteiger partial charge < -0.3 is 13.9 Å². The number of hydrogen-bond donors (Lipinski definition) is 0. The summed E-state index contributed by atoms with van der Waals surface area (Å²) >= 11 is 0. The first kappa shape index (κ1) is 47.5. The second-order valence-electron chi connectivity index (χ2n) is 21.6. The zero-order valence-electron chi connectivity index (χ0n) is 41.6. The van der Waals surface area contributed by atoms with E-state index in [0.29, 0.717) is 17.4 Å². The first-order valence-electron chi connectivity index (χ1n) is 23.9. The smallest absolute Gasteiger partial charge is 0.268 e. The van der Waals surface area contributed by atoms with Crippen molar-refractivity contribution in [2.75, 3.05) is 0 Å². The van der Waals surface area contributed by atoms with E-state index in [4.69, 9.17) is 9.72 Å². The summed E-state index contributed by atoms with van der Waals surface area (Å²) in [7, 11) is 0. The Kier molecular flexibility index (Phi) is 12.4. The van der Waals surface area contributed by atoms with Crippen molar-refractivity contribution in [3.8, 4) is 50.9 Å².